The molecule has 3 rings (SSSR count). The van der Waals surface area contributed by atoms with Gasteiger partial charge in [0.2, 0.25) is 0 Å². The van der Waals surface area contributed by atoms with E-state index in [0.29, 0.717) is 6.61 Å². The molecule has 0 fully saturated rings. The molecule has 1 atom stereocenters. The fourth-order valence-electron chi connectivity index (χ4n) is 2.34. The maximum atomic E-state index is 9.74. The van der Waals surface area contributed by atoms with Crippen LogP contribution in [0.1, 0.15) is 29.3 Å². The van der Waals surface area contributed by atoms with Gasteiger partial charge in [-0.3, -0.25) is 0 Å². The maximum absolute atomic E-state index is 9.74. The highest BCUT2D eigenvalue weighted by Gasteiger charge is 2.20. The van der Waals surface area contributed by atoms with Gasteiger partial charge in [-0.1, -0.05) is 6.07 Å². The number of hydrogen-bond donors (Lipinski definition) is 1. The van der Waals surface area contributed by atoms with E-state index in [2.05, 4.69) is 4.98 Å². The number of fused-ring (bicyclic) bond motifs is 1. The zero-order chi connectivity index (χ0) is 12.5. The van der Waals surface area contributed by atoms with Crippen LogP contribution in [0, 0.1) is 0 Å². The Balaban J connectivity index is 1.73. The molecule has 1 aromatic heterocycles. The Labute approximate surface area is 106 Å². The molecular weight excluding hydrogens is 228 g/mol. The number of nitrogens with zero attached hydrogens (tertiary/aromatic N) is 2. The topological polar surface area (TPSA) is 47.3 Å². The highest BCUT2D eigenvalue weighted by molar-refractivity contribution is 5.39. The van der Waals surface area contributed by atoms with E-state index < -0.39 is 0 Å². The molecule has 1 aromatic carbocycles. The molecule has 1 N–H and O–H groups in total. The minimum atomic E-state index is -0.300. The number of aryl methyl sites for hydroxylation is 2. The van der Waals surface area contributed by atoms with Gasteiger partial charge in [0, 0.05) is 7.05 Å². The van der Waals surface area contributed by atoms with Gasteiger partial charge in [0.25, 0.3) is 0 Å². The molecule has 0 spiro atoms. The van der Waals surface area contributed by atoms with Crippen molar-refractivity contribution in [2.24, 2.45) is 7.05 Å². The Morgan fingerprint density at radius 2 is 2.39 bits per heavy atom. The Kier molecular flexibility index (Phi) is 2.80. The van der Waals surface area contributed by atoms with E-state index in [1.807, 2.05) is 29.8 Å². The molecule has 94 valence electrons. The highest BCUT2D eigenvalue weighted by atomic mass is 16.5. The van der Waals surface area contributed by atoms with Crippen LogP contribution >= 0.6 is 0 Å². The third-order valence-electron chi connectivity index (χ3n) is 3.46. The molecule has 0 bridgehead atoms. The van der Waals surface area contributed by atoms with Crippen molar-refractivity contribution in [1.82, 2.24) is 9.55 Å². The first-order chi connectivity index (χ1) is 8.74. The Bertz CT molecular complexity index is 563. The van der Waals surface area contributed by atoms with Crippen LogP contribution in [0.3, 0.4) is 0 Å². The Morgan fingerprint density at radius 3 is 3.17 bits per heavy atom. The summed E-state index contributed by atoms with van der Waals surface area (Å²) in [6, 6.07) is 5.91. The lowest BCUT2D eigenvalue weighted by Crippen LogP contribution is -2.01. The van der Waals surface area contributed by atoms with E-state index >= 15 is 0 Å². The Morgan fingerprint density at radius 1 is 1.50 bits per heavy atom. The summed E-state index contributed by atoms with van der Waals surface area (Å²) in [5.74, 6) is 0.851. The maximum Gasteiger partial charge on any atom is 0.130 e. The van der Waals surface area contributed by atoms with Gasteiger partial charge in [-0.2, -0.15) is 0 Å². The SMILES string of the molecule is Cn1cncc1COc1ccc2c(c1)CC[C@@H]2O. The van der Waals surface area contributed by atoms with Crippen molar-refractivity contribution in [2.75, 3.05) is 0 Å². The second-order valence-corrected chi connectivity index (χ2v) is 4.70. The third-order valence-corrected chi connectivity index (χ3v) is 3.46. The summed E-state index contributed by atoms with van der Waals surface area (Å²) in [7, 11) is 1.95. The van der Waals surface area contributed by atoms with E-state index in [0.717, 1.165) is 29.8 Å². The van der Waals surface area contributed by atoms with Crippen LogP contribution in [-0.4, -0.2) is 14.7 Å². The van der Waals surface area contributed by atoms with E-state index in [1.54, 1.807) is 12.5 Å². The van der Waals surface area contributed by atoms with Gasteiger partial charge >= 0.3 is 0 Å². The highest BCUT2D eigenvalue weighted by Crippen LogP contribution is 2.33. The summed E-state index contributed by atoms with van der Waals surface area (Å²) in [6.07, 6.45) is 5.01. The predicted molar refractivity (Wildman–Crippen MR) is 67.3 cm³/mol. The fourth-order valence-corrected chi connectivity index (χ4v) is 2.34. The van der Waals surface area contributed by atoms with Crippen molar-refractivity contribution in [2.45, 2.75) is 25.6 Å². The molecule has 0 saturated carbocycles. The molecule has 18 heavy (non-hydrogen) atoms. The average molecular weight is 244 g/mol. The molecule has 1 heterocycles. The van der Waals surface area contributed by atoms with E-state index in [4.69, 9.17) is 4.74 Å². The van der Waals surface area contributed by atoms with Crippen LogP contribution in [0.15, 0.2) is 30.7 Å². The van der Waals surface area contributed by atoms with Gasteiger partial charge in [0.15, 0.2) is 0 Å². The second kappa shape index (κ2) is 4.46. The number of rotatable bonds is 3. The lowest BCUT2D eigenvalue weighted by molar-refractivity contribution is 0.180. The largest absolute Gasteiger partial charge is 0.487 e. The van der Waals surface area contributed by atoms with E-state index in [9.17, 15) is 5.11 Å². The lowest BCUT2D eigenvalue weighted by Gasteiger charge is -2.09. The monoisotopic (exact) mass is 244 g/mol. The van der Waals surface area contributed by atoms with Gasteiger partial charge in [-0.05, 0) is 36.1 Å². The van der Waals surface area contributed by atoms with Crippen LogP contribution in [0.4, 0.5) is 0 Å². The van der Waals surface area contributed by atoms with Crippen molar-refractivity contribution in [3.05, 3.63) is 47.5 Å². The van der Waals surface area contributed by atoms with E-state index in [1.165, 1.54) is 5.56 Å². The van der Waals surface area contributed by atoms with Gasteiger partial charge in [0.1, 0.15) is 12.4 Å². The van der Waals surface area contributed by atoms with Crippen molar-refractivity contribution in [3.8, 4) is 5.75 Å². The fraction of sp³-hybridized carbons (Fsp3) is 0.357. The number of aliphatic hydroxyl groups excluding tert-OH is 1. The molecule has 4 nitrogen and oxygen atoms in total. The molecule has 0 unspecified atom stereocenters. The third kappa shape index (κ3) is 1.99. The van der Waals surface area contributed by atoms with Crippen LogP contribution in [0.25, 0.3) is 0 Å². The summed E-state index contributed by atoms with van der Waals surface area (Å²) >= 11 is 0. The van der Waals surface area contributed by atoms with Gasteiger partial charge in [0.05, 0.1) is 24.3 Å². The first kappa shape index (κ1) is 11.3. The normalized spacial score (nSPS) is 17.8. The van der Waals surface area contributed by atoms with Crippen molar-refractivity contribution >= 4 is 0 Å². The summed E-state index contributed by atoms with van der Waals surface area (Å²) in [6.45, 7) is 0.512. The zero-order valence-electron chi connectivity index (χ0n) is 10.3. The molecule has 0 radical (unpaired) electrons. The van der Waals surface area contributed by atoms with Gasteiger partial charge < -0.3 is 14.4 Å². The predicted octanol–water partition coefficient (Wildman–Crippen LogP) is 1.98. The molecule has 1 aliphatic carbocycles. The molecule has 0 amide bonds. The number of ether oxygens (including phenoxy) is 1. The molecule has 0 saturated heterocycles. The molecule has 2 aromatic rings. The van der Waals surface area contributed by atoms with Crippen LogP contribution in [0.5, 0.6) is 5.75 Å². The van der Waals surface area contributed by atoms with Crippen molar-refractivity contribution in [1.29, 1.82) is 0 Å². The summed E-state index contributed by atoms with van der Waals surface area (Å²) in [5, 5.41) is 9.74. The average Bonchev–Trinajstić information content (AvgIpc) is 2.94. The number of aromatic nitrogens is 2. The number of imidazole rings is 1. The van der Waals surface area contributed by atoms with Crippen LogP contribution < -0.4 is 4.74 Å². The smallest absolute Gasteiger partial charge is 0.130 e. The summed E-state index contributed by atoms with van der Waals surface area (Å²) in [5.41, 5.74) is 3.28. The first-order valence-electron chi connectivity index (χ1n) is 6.13. The van der Waals surface area contributed by atoms with Crippen LogP contribution in [0.2, 0.25) is 0 Å². The summed E-state index contributed by atoms with van der Waals surface area (Å²) < 4.78 is 7.69. The van der Waals surface area contributed by atoms with Gasteiger partial charge in [-0.15, -0.1) is 0 Å². The summed E-state index contributed by atoms with van der Waals surface area (Å²) in [4.78, 5) is 4.05. The number of hydrogen-bond acceptors (Lipinski definition) is 3. The number of aliphatic hydroxyl groups is 1. The molecule has 1 aliphatic rings. The zero-order valence-corrected chi connectivity index (χ0v) is 10.3. The quantitative estimate of drug-likeness (QED) is 0.898. The van der Waals surface area contributed by atoms with Crippen molar-refractivity contribution in [3.63, 3.8) is 0 Å². The van der Waals surface area contributed by atoms with Crippen LogP contribution in [-0.2, 0) is 20.1 Å². The molecule has 4 heteroatoms. The standard InChI is InChI=1S/C14H16N2O2/c1-16-9-15-7-11(16)8-18-12-3-4-13-10(6-12)2-5-14(13)17/h3-4,6-7,9,14,17H,2,5,8H2,1H3/t14-/m0/s1. The van der Waals surface area contributed by atoms with Crippen molar-refractivity contribution < 1.29 is 9.84 Å². The Hall–Kier alpha value is -1.81. The first-order valence-corrected chi connectivity index (χ1v) is 6.13. The molecular formula is C14H16N2O2. The minimum absolute atomic E-state index is 0.300. The number of benzene rings is 1. The second-order valence-electron chi connectivity index (χ2n) is 4.70. The van der Waals surface area contributed by atoms with E-state index in [-0.39, 0.29) is 6.10 Å². The minimum Gasteiger partial charge on any atom is -0.487 e. The lowest BCUT2D eigenvalue weighted by atomic mass is 10.1. The molecule has 0 aliphatic heterocycles. The van der Waals surface area contributed by atoms with Gasteiger partial charge in [-0.25, -0.2) is 4.98 Å².